The van der Waals surface area contributed by atoms with Crippen LogP contribution in [0.5, 0.6) is 0 Å². The predicted molar refractivity (Wildman–Crippen MR) is 42.1 cm³/mol. The second-order valence-electron chi connectivity index (χ2n) is 3.16. The summed E-state index contributed by atoms with van der Waals surface area (Å²) in [6, 6.07) is 0. The summed E-state index contributed by atoms with van der Waals surface area (Å²) < 4.78 is 22.6. The van der Waals surface area contributed by atoms with Crippen LogP contribution >= 0.6 is 0 Å². The smallest absolute Gasteiger partial charge is 0.156 e. The Bertz CT molecular complexity index is 245. The molecule has 0 spiro atoms. The van der Waals surface area contributed by atoms with Crippen LogP contribution in [0.1, 0.15) is 26.7 Å². The van der Waals surface area contributed by atoms with Crippen molar-refractivity contribution in [3.05, 3.63) is 0 Å². The molecular formula is C7H12O3S. The van der Waals surface area contributed by atoms with Gasteiger partial charge in [-0.2, -0.15) is 0 Å². The minimum absolute atomic E-state index is 0.0693. The van der Waals surface area contributed by atoms with E-state index >= 15 is 0 Å². The van der Waals surface area contributed by atoms with Gasteiger partial charge in [-0.3, -0.25) is 4.79 Å². The lowest BCUT2D eigenvalue weighted by atomic mass is 10.1. The van der Waals surface area contributed by atoms with Gasteiger partial charge in [-0.1, -0.05) is 0 Å². The summed E-state index contributed by atoms with van der Waals surface area (Å²) in [6.45, 7) is 3.20. The maximum absolute atomic E-state index is 11.3. The van der Waals surface area contributed by atoms with Gasteiger partial charge in [0.15, 0.2) is 9.84 Å². The third-order valence-electron chi connectivity index (χ3n) is 2.15. The molecule has 1 saturated heterocycles. The zero-order valence-electron chi connectivity index (χ0n) is 6.70. The number of sulfone groups is 1. The molecule has 3 nitrogen and oxygen atoms in total. The van der Waals surface area contributed by atoms with Crippen molar-refractivity contribution in [2.45, 2.75) is 37.2 Å². The Labute approximate surface area is 66.7 Å². The molecule has 64 valence electrons. The molecule has 1 fully saturated rings. The van der Waals surface area contributed by atoms with Crippen molar-refractivity contribution in [3.63, 3.8) is 0 Å². The molecule has 1 rings (SSSR count). The van der Waals surface area contributed by atoms with Crippen molar-refractivity contribution in [3.8, 4) is 0 Å². The Balaban J connectivity index is 2.93. The van der Waals surface area contributed by atoms with Crippen molar-refractivity contribution < 1.29 is 13.2 Å². The molecule has 1 heterocycles. The summed E-state index contributed by atoms with van der Waals surface area (Å²) in [5.74, 6) is 0.0693. The molecular weight excluding hydrogens is 164 g/mol. The number of rotatable bonds is 0. The first kappa shape index (κ1) is 8.71. The van der Waals surface area contributed by atoms with Crippen LogP contribution in [0.2, 0.25) is 0 Å². The third-order valence-corrected chi connectivity index (χ3v) is 4.73. The highest BCUT2D eigenvalue weighted by Crippen LogP contribution is 2.22. The van der Waals surface area contributed by atoms with Crippen LogP contribution in [0.25, 0.3) is 0 Å². The van der Waals surface area contributed by atoms with Gasteiger partial charge in [0.1, 0.15) is 5.78 Å². The lowest BCUT2D eigenvalue weighted by Crippen LogP contribution is -2.37. The molecule has 4 heteroatoms. The highest BCUT2D eigenvalue weighted by atomic mass is 32.2. The first-order chi connectivity index (χ1) is 4.94. The number of ketones is 1. The van der Waals surface area contributed by atoms with E-state index in [1.807, 2.05) is 0 Å². The standard InChI is InChI=1S/C7H12O3S/c1-5-3-7(8)4-6(2)11(5,9)10/h5-6H,3-4H2,1-2H3/t5-,6-/m0/s1. The molecule has 0 amide bonds. The lowest BCUT2D eigenvalue weighted by Gasteiger charge is -2.23. The topological polar surface area (TPSA) is 51.2 Å². The minimum Gasteiger partial charge on any atom is -0.300 e. The molecule has 0 radical (unpaired) electrons. The van der Waals surface area contributed by atoms with Gasteiger partial charge in [0.25, 0.3) is 0 Å². The molecule has 11 heavy (non-hydrogen) atoms. The summed E-state index contributed by atoms with van der Waals surface area (Å²) in [5.41, 5.74) is 0. The molecule has 0 N–H and O–H groups in total. The van der Waals surface area contributed by atoms with E-state index in [-0.39, 0.29) is 18.6 Å². The quantitative estimate of drug-likeness (QED) is 0.541. The van der Waals surface area contributed by atoms with Crippen LogP contribution in [-0.4, -0.2) is 24.7 Å². The van der Waals surface area contributed by atoms with Crippen LogP contribution in [0.4, 0.5) is 0 Å². The van der Waals surface area contributed by atoms with E-state index in [1.165, 1.54) is 0 Å². The van der Waals surface area contributed by atoms with Crippen molar-refractivity contribution in [2.75, 3.05) is 0 Å². The summed E-state index contributed by atoms with van der Waals surface area (Å²) in [5, 5.41) is -0.947. The lowest BCUT2D eigenvalue weighted by molar-refractivity contribution is -0.119. The first-order valence-electron chi connectivity index (χ1n) is 3.69. The molecule has 0 aromatic rings. The normalized spacial score (nSPS) is 37.1. The Morgan fingerprint density at radius 3 is 1.91 bits per heavy atom. The SMILES string of the molecule is C[C@H]1CC(=O)C[C@H](C)S1(=O)=O. The monoisotopic (exact) mass is 176 g/mol. The second kappa shape index (κ2) is 2.59. The number of Topliss-reactive ketones (excluding diaryl/α,β-unsaturated/α-hetero) is 1. The van der Waals surface area contributed by atoms with Gasteiger partial charge in [0.2, 0.25) is 0 Å². The number of hydrogen-bond acceptors (Lipinski definition) is 3. The summed E-state index contributed by atoms with van der Waals surface area (Å²) >= 11 is 0. The average molecular weight is 176 g/mol. The first-order valence-corrected chi connectivity index (χ1v) is 5.30. The van der Waals surface area contributed by atoms with E-state index in [1.54, 1.807) is 13.8 Å². The molecule has 1 aliphatic heterocycles. The number of carbonyl (C=O) groups excluding carboxylic acids is 1. The van der Waals surface area contributed by atoms with E-state index in [9.17, 15) is 13.2 Å². The molecule has 0 aromatic carbocycles. The Hall–Kier alpha value is -0.380. The van der Waals surface area contributed by atoms with E-state index in [2.05, 4.69) is 0 Å². The second-order valence-corrected chi connectivity index (χ2v) is 5.94. The van der Waals surface area contributed by atoms with E-state index in [0.717, 1.165) is 0 Å². The zero-order chi connectivity index (χ0) is 8.65. The van der Waals surface area contributed by atoms with Crippen molar-refractivity contribution in [2.24, 2.45) is 0 Å². The summed E-state index contributed by atoms with van der Waals surface area (Å²) in [6.07, 6.45) is 0.402. The number of carbonyl (C=O) groups is 1. The van der Waals surface area contributed by atoms with Gasteiger partial charge in [0, 0.05) is 12.8 Å². The minimum atomic E-state index is -2.99. The van der Waals surface area contributed by atoms with Gasteiger partial charge in [0.05, 0.1) is 10.5 Å². The molecule has 0 aromatic heterocycles. The average Bonchev–Trinajstić information content (AvgIpc) is 1.84. The predicted octanol–water partition coefficient (Wildman–Crippen LogP) is 0.541. The highest BCUT2D eigenvalue weighted by molar-refractivity contribution is 7.92. The van der Waals surface area contributed by atoms with Gasteiger partial charge < -0.3 is 0 Å². The van der Waals surface area contributed by atoms with Crippen LogP contribution in [0.15, 0.2) is 0 Å². The molecule has 0 bridgehead atoms. The fourth-order valence-electron chi connectivity index (χ4n) is 1.35. The molecule has 0 aliphatic carbocycles. The van der Waals surface area contributed by atoms with Crippen molar-refractivity contribution >= 4 is 15.6 Å². The van der Waals surface area contributed by atoms with Crippen LogP contribution in [0.3, 0.4) is 0 Å². The van der Waals surface area contributed by atoms with E-state index in [4.69, 9.17) is 0 Å². The van der Waals surface area contributed by atoms with Gasteiger partial charge >= 0.3 is 0 Å². The zero-order valence-corrected chi connectivity index (χ0v) is 7.52. The highest BCUT2D eigenvalue weighted by Gasteiger charge is 2.35. The Morgan fingerprint density at radius 1 is 1.18 bits per heavy atom. The molecule has 0 unspecified atom stereocenters. The molecule has 2 atom stereocenters. The van der Waals surface area contributed by atoms with Crippen LogP contribution in [-0.2, 0) is 14.6 Å². The fourth-order valence-corrected chi connectivity index (χ4v) is 2.98. The number of hydrogen-bond donors (Lipinski definition) is 0. The maximum Gasteiger partial charge on any atom is 0.156 e. The third kappa shape index (κ3) is 1.45. The van der Waals surface area contributed by atoms with E-state index in [0.29, 0.717) is 0 Å². The van der Waals surface area contributed by atoms with Crippen molar-refractivity contribution in [1.82, 2.24) is 0 Å². The summed E-state index contributed by atoms with van der Waals surface area (Å²) in [7, 11) is -2.99. The van der Waals surface area contributed by atoms with Gasteiger partial charge in [-0.25, -0.2) is 8.42 Å². The molecule has 0 saturated carbocycles. The van der Waals surface area contributed by atoms with Gasteiger partial charge in [-0.05, 0) is 13.8 Å². The molecule has 1 aliphatic rings. The Kier molecular flexibility index (Phi) is 2.05. The van der Waals surface area contributed by atoms with E-state index < -0.39 is 20.3 Å². The fraction of sp³-hybridized carbons (Fsp3) is 0.857. The van der Waals surface area contributed by atoms with Gasteiger partial charge in [-0.15, -0.1) is 0 Å². The Morgan fingerprint density at radius 2 is 1.55 bits per heavy atom. The van der Waals surface area contributed by atoms with Crippen molar-refractivity contribution in [1.29, 1.82) is 0 Å². The summed E-state index contributed by atoms with van der Waals surface area (Å²) in [4.78, 5) is 10.9. The maximum atomic E-state index is 11.3. The van der Waals surface area contributed by atoms with Crippen LogP contribution in [0, 0.1) is 0 Å². The largest absolute Gasteiger partial charge is 0.300 e. The van der Waals surface area contributed by atoms with Crippen LogP contribution < -0.4 is 0 Å².